The first-order chi connectivity index (χ1) is 14.0. The molecular weight excluding hydrogens is 378 g/mol. The first-order valence-electron chi connectivity index (χ1n) is 10.4. The van der Waals surface area contributed by atoms with Crippen LogP contribution in [-0.4, -0.2) is 18.5 Å². The third-order valence-corrected chi connectivity index (χ3v) is 5.18. The standard InChI is InChI=1S/C25H31NO4/c1-24(2,3)16-25(4,5)18-7-10-20(11-8-18)29-13-12-22(27)26-19-9-6-17-15-30-23(28)21(17)14-19/h6-11,14H,12-13,15-16H2,1-5H3,(H,26,27). The minimum absolute atomic E-state index is 0.0823. The topological polar surface area (TPSA) is 64.6 Å². The van der Waals surface area contributed by atoms with Crippen LogP contribution in [0.1, 0.15) is 68.9 Å². The lowest BCUT2D eigenvalue weighted by atomic mass is 9.72. The highest BCUT2D eigenvalue weighted by molar-refractivity contribution is 5.97. The third kappa shape index (κ3) is 5.62. The number of hydrogen-bond donors (Lipinski definition) is 1. The molecule has 160 valence electrons. The lowest BCUT2D eigenvalue weighted by Crippen LogP contribution is -2.24. The van der Waals surface area contributed by atoms with Gasteiger partial charge in [-0.25, -0.2) is 4.79 Å². The van der Waals surface area contributed by atoms with Crippen molar-refractivity contribution < 1.29 is 19.1 Å². The van der Waals surface area contributed by atoms with Crippen molar-refractivity contribution in [1.82, 2.24) is 0 Å². The van der Waals surface area contributed by atoms with E-state index in [0.29, 0.717) is 17.9 Å². The highest BCUT2D eigenvalue weighted by atomic mass is 16.5. The van der Waals surface area contributed by atoms with Gasteiger partial charge >= 0.3 is 5.97 Å². The number of anilines is 1. The van der Waals surface area contributed by atoms with Crippen molar-refractivity contribution in [3.8, 4) is 5.75 Å². The Labute approximate surface area is 178 Å². The molecule has 1 N–H and O–H groups in total. The minimum Gasteiger partial charge on any atom is -0.493 e. The summed E-state index contributed by atoms with van der Waals surface area (Å²) in [6.45, 7) is 11.9. The van der Waals surface area contributed by atoms with E-state index in [1.54, 1.807) is 18.2 Å². The lowest BCUT2D eigenvalue weighted by molar-refractivity contribution is -0.116. The molecule has 0 spiro atoms. The molecule has 1 amide bonds. The molecule has 30 heavy (non-hydrogen) atoms. The summed E-state index contributed by atoms with van der Waals surface area (Å²) >= 11 is 0. The maximum atomic E-state index is 12.2. The molecule has 0 atom stereocenters. The molecule has 0 fully saturated rings. The van der Waals surface area contributed by atoms with E-state index in [4.69, 9.17) is 9.47 Å². The number of benzene rings is 2. The molecule has 0 unspecified atom stereocenters. The van der Waals surface area contributed by atoms with Gasteiger partial charge in [0.25, 0.3) is 0 Å². The number of esters is 1. The average molecular weight is 410 g/mol. The maximum Gasteiger partial charge on any atom is 0.338 e. The summed E-state index contributed by atoms with van der Waals surface area (Å²) in [5, 5.41) is 2.80. The molecule has 0 aliphatic carbocycles. The largest absolute Gasteiger partial charge is 0.493 e. The van der Waals surface area contributed by atoms with Crippen LogP contribution in [0.4, 0.5) is 5.69 Å². The van der Waals surface area contributed by atoms with E-state index in [1.807, 2.05) is 12.1 Å². The van der Waals surface area contributed by atoms with Crippen LogP contribution in [0, 0.1) is 5.41 Å². The fourth-order valence-electron chi connectivity index (χ4n) is 4.11. The van der Waals surface area contributed by atoms with Crippen LogP contribution in [0.3, 0.4) is 0 Å². The van der Waals surface area contributed by atoms with Crippen molar-refractivity contribution >= 4 is 17.6 Å². The van der Waals surface area contributed by atoms with Crippen molar-refractivity contribution in [3.63, 3.8) is 0 Å². The summed E-state index contributed by atoms with van der Waals surface area (Å²) in [5.74, 6) is 0.237. The van der Waals surface area contributed by atoms with Gasteiger partial charge in [0.1, 0.15) is 12.4 Å². The van der Waals surface area contributed by atoms with Crippen LogP contribution in [-0.2, 0) is 21.6 Å². The zero-order valence-electron chi connectivity index (χ0n) is 18.5. The third-order valence-electron chi connectivity index (χ3n) is 5.18. The smallest absolute Gasteiger partial charge is 0.338 e. The fourth-order valence-corrected chi connectivity index (χ4v) is 4.11. The molecule has 3 rings (SSSR count). The molecular formula is C25H31NO4. The molecule has 5 heteroatoms. The first-order valence-corrected chi connectivity index (χ1v) is 10.4. The minimum atomic E-state index is -0.349. The Balaban J connectivity index is 1.49. The van der Waals surface area contributed by atoms with Gasteiger partial charge in [-0.1, -0.05) is 52.8 Å². The second-order valence-electron chi connectivity index (χ2n) is 9.74. The molecule has 0 bridgehead atoms. The van der Waals surface area contributed by atoms with E-state index in [0.717, 1.165) is 17.7 Å². The van der Waals surface area contributed by atoms with Gasteiger partial charge in [0, 0.05) is 11.3 Å². The number of carbonyl (C=O) groups excluding carboxylic acids is 2. The molecule has 5 nitrogen and oxygen atoms in total. The van der Waals surface area contributed by atoms with E-state index in [2.05, 4.69) is 52.1 Å². The zero-order chi connectivity index (χ0) is 21.9. The Hall–Kier alpha value is -2.82. The molecule has 1 aliphatic heterocycles. The van der Waals surface area contributed by atoms with E-state index in [-0.39, 0.29) is 35.7 Å². The zero-order valence-corrected chi connectivity index (χ0v) is 18.5. The summed E-state index contributed by atoms with van der Waals surface area (Å²) in [5.41, 5.74) is 3.55. The summed E-state index contributed by atoms with van der Waals surface area (Å²) in [4.78, 5) is 23.8. The van der Waals surface area contributed by atoms with E-state index < -0.39 is 0 Å². The number of ether oxygens (including phenoxy) is 2. The number of rotatable bonds is 7. The first kappa shape index (κ1) is 21.9. The van der Waals surface area contributed by atoms with E-state index >= 15 is 0 Å². The van der Waals surface area contributed by atoms with Gasteiger partial charge in [-0.3, -0.25) is 4.79 Å². The average Bonchev–Trinajstić information content (AvgIpc) is 3.01. The van der Waals surface area contributed by atoms with Gasteiger partial charge in [0.2, 0.25) is 5.91 Å². The Morgan fingerprint density at radius 2 is 1.77 bits per heavy atom. The van der Waals surface area contributed by atoms with Gasteiger partial charge in [-0.15, -0.1) is 0 Å². The van der Waals surface area contributed by atoms with Gasteiger partial charge in [0.15, 0.2) is 0 Å². The fraction of sp³-hybridized carbons (Fsp3) is 0.440. The molecule has 0 aromatic heterocycles. The summed E-state index contributed by atoms with van der Waals surface area (Å²) in [6.07, 6.45) is 1.31. The molecule has 0 saturated carbocycles. The van der Waals surface area contributed by atoms with Gasteiger partial charge < -0.3 is 14.8 Å². The Morgan fingerprint density at radius 3 is 2.43 bits per heavy atom. The van der Waals surface area contributed by atoms with Crippen molar-refractivity contribution in [1.29, 1.82) is 0 Å². The quantitative estimate of drug-likeness (QED) is 0.615. The summed E-state index contributed by atoms with van der Waals surface area (Å²) in [7, 11) is 0. The Morgan fingerprint density at radius 1 is 1.07 bits per heavy atom. The lowest BCUT2D eigenvalue weighted by Gasteiger charge is -2.33. The SMILES string of the molecule is CC(C)(C)CC(C)(C)c1ccc(OCCC(=O)Nc2ccc3c(c2)C(=O)OC3)cc1. The number of fused-ring (bicyclic) bond motifs is 1. The van der Waals surface area contributed by atoms with Crippen molar-refractivity contribution in [2.24, 2.45) is 5.41 Å². The van der Waals surface area contributed by atoms with E-state index in [1.165, 1.54) is 5.56 Å². The van der Waals surface area contributed by atoms with Crippen LogP contribution in [0.25, 0.3) is 0 Å². The number of hydrogen-bond acceptors (Lipinski definition) is 4. The Bertz CT molecular complexity index is 923. The van der Waals surface area contributed by atoms with Crippen LogP contribution in [0.5, 0.6) is 5.75 Å². The normalized spacial score (nSPS) is 13.6. The van der Waals surface area contributed by atoms with Gasteiger partial charge in [0.05, 0.1) is 18.6 Å². The predicted molar refractivity (Wildman–Crippen MR) is 118 cm³/mol. The highest BCUT2D eigenvalue weighted by Gasteiger charge is 2.27. The number of amides is 1. The molecule has 1 aliphatic rings. The number of carbonyl (C=O) groups is 2. The summed E-state index contributed by atoms with van der Waals surface area (Å²) < 4.78 is 10.7. The van der Waals surface area contributed by atoms with Crippen molar-refractivity contribution in [3.05, 3.63) is 59.2 Å². The molecule has 2 aromatic carbocycles. The summed E-state index contributed by atoms with van der Waals surface area (Å²) in [6, 6.07) is 13.4. The van der Waals surface area contributed by atoms with Crippen LogP contribution < -0.4 is 10.1 Å². The predicted octanol–water partition coefficient (Wildman–Crippen LogP) is 5.48. The molecule has 1 heterocycles. The molecule has 0 radical (unpaired) electrons. The van der Waals surface area contributed by atoms with Crippen molar-refractivity contribution in [2.45, 2.75) is 59.5 Å². The van der Waals surface area contributed by atoms with Crippen LogP contribution >= 0.6 is 0 Å². The van der Waals surface area contributed by atoms with Gasteiger partial charge in [-0.2, -0.15) is 0 Å². The number of cyclic esters (lactones) is 1. The second kappa shape index (κ2) is 8.50. The van der Waals surface area contributed by atoms with Crippen LogP contribution in [0.15, 0.2) is 42.5 Å². The highest BCUT2D eigenvalue weighted by Crippen LogP contribution is 2.36. The molecule has 2 aromatic rings. The second-order valence-corrected chi connectivity index (χ2v) is 9.74. The van der Waals surface area contributed by atoms with Gasteiger partial charge in [-0.05, 0) is 47.1 Å². The van der Waals surface area contributed by atoms with Crippen LogP contribution in [0.2, 0.25) is 0 Å². The molecule has 0 saturated heterocycles. The Kier molecular flexibility index (Phi) is 6.20. The van der Waals surface area contributed by atoms with Crippen molar-refractivity contribution in [2.75, 3.05) is 11.9 Å². The maximum absolute atomic E-state index is 12.2. The number of nitrogens with one attached hydrogen (secondary N) is 1. The monoisotopic (exact) mass is 409 g/mol. The van der Waals surface area contributed by atoms with E-state index in [9.17, 15) is 9.59 Å².